The van der Waals surface area contributed by atoms with Crippen LogP contribution in [0.5, 0.6) is 0 Å². The number of benzene rings is 1. The first kappa shape index (κ1) is 10.5. The quantitative estimate of drug-likeness (QED) is 0.841. The Balaban J connectivity index is 1.78. The molecule has 2 bridgehead atoms. The topological polar surface area (TPSA) is 52.0 Å². The van der Waals surface area contributed by atoms with Crippen molar-refractivity contribution < 1.29 is 8.81 Å². The number of nitrogens with two attached hydrogens (primary N) is 1. The number of hydrogen-bond acceptors (Lipinski definition) is 3. The monoisotopic (exact) mass is 246 g/mol. The van der Waals surface area contributed by atoms with Gasteiger partial charge >= 0.3 is 0 Å². The molecular weight excluding hydrogens is 231 g/mol. The maximum atomic E-state index is 13.1. The van der Waals surface area contributed by atoms with Gasteiger partial charge in [-0.3, -0.25) is 0 Å². The summed E-state index contributed by atoms with van der Waals surface area (Å²) in [7, 11) is 0. The Morgan fingerprint density at radius 3 is 2.89 bits per heavy atom. The van der Waals surface area contributed by atoms with Crippen molar-refractivity contribution in [2.75, 3.05) is 0 Å². The number of hydrogen-bond donors (Lipinski definition) is 1. The minimum Gasteiger partial charge on any atom is -0.440 e. The van der Waals surface area contributed by atoms with E-state index in [0.717, 1.165) is 0 Å². The molecule has 1 aromatic heterocycles. The van der Waals surface area contributed by atoms with Gasteiger partial charge in [-0.15, -0.1) is 0 Å². The van der Waals surface area contributed by atoms with Crippen LogP contribution in [0.1, 0.15) is 31.1 Å². The van der Waals surface area contributed by atoms with E-state index in [-0.39, 0.29) is 17.8 Å². The Kier molecular flexibility index (Phi) is 2.07. The highest BCUT2D eigenvalue weighted by Gasteiger charge is 2.48. The second-order valence-electron chi connectivity index (χ2n) is 5.60. The first-order valence-corrected chi connectivity index (χ1v) is 6.54. The first-order chi connectivity index (χ1) is 8.72. The van der Waals surface area contributed by atoms with Gasteiger partial charge in [0.25, 0.3) is 0 Å². The molecule has 0 radical (unpaired) electrons. The fourth-order valence-electron chi connectivity index (χ4n) is 3.76. The van der Waals surface area contributed by atoms with Gasteiger partial charge < -0.3 is 10.2 Å². The average Bonchev–Trinajstić information content (AvgIpc) is 3.00. The predicted octanol–water partition coefficient (Wildman–Crippen LogP) is 2.81. The standard InChI is InChI=1S/C14H15FN2O/c15-9-3-4-11-10(6-9)17-14(18-11)12-7-1-2-8(5-7)13(12)16/h3-4,6-8,12-13H,1-2,5,16H2. The number of halogens is 1. The second kappa shape index (κ2) is 3.54. The van der Waals surface area contributed by atoms with Crippen molar-refractivity contribution >= 4 is 11.1 Å². The van der Waals surface area contributed by atoms with Gasteiger partial charge in [-0.05, 0) is 43.2 Å². The van der Waals surface area contributed by atoms with E-state index in [2.05, 4.69) is 4.98 Å². The molecule has 0 aliphatic heterocycles. The van der Waals surface area contributed by atoms with Gasteiger partial charge in [-0.2, -0.15) is 0 Å². The van der Waals surface area contributed by atoms with Gasteiger partial charge in [0.15, 0.2) is 11.5 Å². The van der Waals surface area contributed by atoms with Crippen LogP contribution in [0.15, 0.2) is 22.6 Å². The third-order valence-corrected chi connectivity index (χ3v) is 4.63. The molecule has 2 aliphatic carbocycles. The van der Waals surface area contributed by atoms with Crippen LogP contribution in [0.2, 0.25) is 0 Å². The summed E-state index contributed by atoms with van der Waals surface area (Å²) < 4.78 is 18.9. The molecule has 4 atom stereocenters. The second-order valence-corrected chi connectivity index (χ2v) is 5.60. The van der Waals surface area contributed by atoms with Gasteiger partial charge in [0, 0.05) is 12.1 Å². The average molecular weight is 246 g/mol. The molecule has 0 saturated heterocycles. The van der Waals surface area contributed by atoms with Crippen molar-refractivity contribution in [3.63, 3.8) is 0 Å². The minimum absolute atomic E-state index is 0.154. The van der Waals surface area contributed by atoms with Crippen molar-refractivity contribution in [2.45, 2.75) is 31.2 Å². The molecule has 4 unspecified atom stereocenters. The molecule has 0 amide bonds. The maximum absolute atomic E-state index is 13.1. The van der Waals surface area contributed by atoms with Crippen LogP contribution in [0.25, 0.3) is 11.1 Å². The summed E-state index contributed by atoms with van der Waals surface area (Å²) in [6, 6.07) is 4.61. The molecule has 0 spiro atoms. The maximum Gasteiger partial charge on any atom is 0.200 e. The Labute approximate surface area is 104 Å². The number of fused-ring (bicyclic) bond motifs is 3. The van der Waals surface area contributed by atoms with Crippen LogP contribution in [0, 0.1) is 17.7 Å². The van der Waals surface area contributed by atoms with E-state index in [0.29, 0.717) is 28.8 Å². The van der Waals surface area contributed by atoms with Crippen LogP contribution >= 0.6 is 0 Å². The summed E-state index contributed by atoms with van der Waals surface area (Å²) in [5.41, 5.74) is 7.53. The van der Waals surface area contributed by atoms with Crippen LogP contribution < -0.4 is 5.73 Å². The molecule has 4 heteroatoms. The Hall–Kier alpha value is -1.42. The lowest BCUT2D eigenvalue weighted by Crippen LogP contribution is -2.34. The molecule has 4 rings (SSSR count). The van der Waals surface area contributed by atoms with Crippen LogP contribution in [0.3, 0.4) is 0 Å². The van der Waals surface area contributed by atoms with E-state index in [1.165, 1.54) is 31.4 Å². The van der Waals surface area contributed by atoms with Crippen molar-refractivity contribution in [3.05, 3.63) is 29.9 Å². The Bertz CT molecular complexity index is 607. The lowest BCUT2D eigenvalue weighted by Gasteiger charge is -2.25. The van der Waals surface area contributed by atoms with Crippen LogP contribution in [-0.4, -0.2) is 11.0 Å². The zero-order valence-electron chi connectivity index (χ0n) is 9.97. The highest BCUT2D eigenvalue weighted by molar-refractivity contribution is 5.72. The summed E-state index contributed by atoms with van der Waals surface area (Å²) in [6.07, 6.45) is 3.65. The molecule has 1 aromatic carbocycles. The number of nitrogens with zero attached hydrogens (tertiary/aromatic N) is 1. The molecule has 18 heavy (non-hydrogen) atoms. The molecular formula is C14H15FN2O. The molecule has 2 aliphatic rings. The molecule has 94 valence electrons. The van der Waals surface area contributed by atoms with E-state index in [4.69, 9.17) is 10.2 Å². The largest absolute Gasteiger partial charge is 0.440 e. The lowest BCUT2D eigenvalue weighted by atomic mass is 9.85. The third kappa shape index (κ3) is 1.35. The molecule has 1 heterocycles. The summed E-state index contributed by atoms with van der Waals surface area (Å²) in [4.78, 5) is 4.44. The highest BCUT2D eigenvalue weighted by Crippen LogP contribution is 2.52. The van der Waals surface area contributed by atoms with E-state index >= 15 is 0 Å². The molecule has 3 nitrogen and oxygen atoms in total. The Morgan fingerprint density at radius 2 is 2.11 bits per heavy atom. The van der Waals surface area contributed by atoms with Gasteiger partial charge in [-0.1, -0.05) is 0 Å². The summed E-state index contributed by atoms with van der Waals surface area (Å²) in [5.74, 6) is 1.86. The van der Waals surface area contributed by atoms with Crippen LogP contribution in [0.4, 0.5) is 4.39 Å². The lowest BCUT2D eigenvalue weighted by molar-refractivity contribution is 0.317. The fourth-order valence-corrected chi connectivity index (χ4v) is 3.76. The smallest absolute Gasteiger partial charge is 0.200 e. The third-order valence-electron chi connectivity index (χ3n) is 4.63. The SMILES string of the molecule is NC1C2CCC(C2)C1c1nc2cc(F)ccc2o1. The van der Waals surface area contributed by atoms with Gasteiger partial charge in [0.1, 0.15) is 11.3 Å². The molecule has 2 N–H and O–H groups in total. The van der Waals surface area contributed by atoms with Crippen molar-refractivity contribution in [2.24, 2.45) is 17.6 Å². The summed E-state index contributed by atoms with van der Waals surface area (Å²) >= 11 is 0. The van der Waals surface area contributed by atoms with Gasteiger partial charge in [0.05, 0.1) is 5.92 Å². The van der Waals surface area contributed by atoms with Crippen molar-refractivity contribution in [1.82, 2.24) is 4.98 Å². The first-order valence-electron chi connectivity index (χ1n) is 6.54. The molecule has 2 saturated carbocycles. The normalized spacial score (nSPS) is 34.6. The zero-order chi connectivity index (χ0) is 12.3. The number of aromatic nitrogens is 1. The predicted molar refractivity (Wildman–Crippen MR) is 65.5 cm³/mol. The van der Waals surface area contributed by atoms with E-state index in [1.807, 2.05) is 0 Å². The van der Waals surface area contributed by atoms with E-state index in [1.54, 1.807) is 6.07 Å². The van der Waals surface area contributed by atoms with E-state index < -0.39 is 0 Å². The minimum atomic E-state index is -0.278. The fraction of sp³-hybridized carbons (Fsp3) is 0.500. The van der Waals surface area contributed by atoms with Crippen LogP contribution in [-0.2, 0) is 0 Å². The highest BCUT2D eigenvalue weighted by atomic mass is 19.1. The van der Waals surface area contributed by atoms with Crippen molar-refractivity contribution in [3.8, 4) is 0 Å². The Morgan fingerprint density at radius 1 is 1.28 bits per heavy atom. The number of rotatable bonds is 1. The molecule has 2 fully saturated rings. The molecule has 2 aromatic rings. The van der Waals surface area contributed by atoms with E-state index in [9.17, 15) is 4.39 Å². The van der Waals surface area contributed by atoms with Crippen molar-refractivity contribution in [1.29, 1.82) is 0 Å². The van der Waals surface area contributed by atoms with Gasteiger partial charge in [0.2, 0.25) is 0 Å². The number of oxazole rings is 1. The van der Waals surface area contributed by atoms with Gasteiger partial charge in [-0.25, -0.2) is 9.37 Å². The summed E-state index contributed by atoms with van der Waals surface area (Å²) in [6.45, 7) is 0. The zero-order valence-corrected chi connectivity index (χ0v) is 9.97. The summed E-state index contributed by atoms with van der Waals surface area (Å²) in [5, 5.41) is 0.